The normalized spacial score (nSPS) is 15.3. The number of urea groups is 2. The first-order valence-corrected chi connectivity index (χ1v) is 19.8. The van der Waals surface area contributed by atoms with E-state index in [4.69, 9.17) is 9.47 Å². The van der Waals surface area contributed by atoms with E-state index in [9.17, 15) is 29.4 Å². The van der Waals surface area contributed by atoms with Crippen LogP contribution in [0.2, 0.25) is 0 Å². The zero-order valence-electron chi connectivity index (χ0n) is 33.6. The van der Waals surface area contributed by atoms with Gasteiger partial charge in [0.2, 0.25) is 0 Å². The molecule has 0 saturated carbocycles. The number of nitrogens with one attached hydrogen (secondary N) is 4. The van der Waals surface area contributed by atoms with E-state index >= 15 is 0 Å². The number of hydrogen-bond donors (Lipinski definition) is 6. The topological polar surface area (TPSA) is 175 Å². The molecule has 6 N–H and O–H groups in total. The number of Topliss-reactive ketones (excluding diaryl/α,β-unsaturated/α-hetero) is 2. The number of amides is 4. The van der Waals surface area contributed by atoms with Crippen LogP contribution in [0, 0.1) is 0 Å². The maximum atomic E-state index is 12.8. The maximum Gasteiger partial charge on any atom is 0.314 e. The summed E-state index contributed by atoms with van der Waals surface area (Å²) in [5, 5.41) is 31.2. The number of aliphatic hydroxyl groups is 2. The average Bonchev–Trinajstić information content (AvgIpc) is 3.08. The molecule has 0 rings (SSSR count). The molecular weight excluding hydrogens is 652 g/mol. The molecule has 0 saturated heterocycles. The van der Waals surface area contributed by atoms with Crippen LogP contribution in [-0.4, -0.2) is 95.6 Å². The minimum Gasteiger partial charge on any atom is -0.390 e. The second-order valence-electron chi connectivity index (χ2n) is 15.3. The van der Waals surface area contributed by atoms with Crippen molar-refractivity contribution in [3.63, 3.8) is 0 Å². The smallest absolute Gasteiger partial charge is 0.314 e. The number of unbranched alkanes of at least 4 members (excludes halogenated alkanes) is 7. The highest BCUT2D eigenvalue weighted by molar-refractivity contribution is 5.87. The van der Waals surface area contributed by atoms with Gasteiger partial charge in [0, 0.05) is 39.0 Å². The number of ketones is 2. The standard InChI is InChI=1S/C39H76N4O8/c1-9-37(6,49)25-19-15-17-23-33(45)39(8,11-3)51-31-29-43-35(47)41-27-21-13-12-20-26-40-34(46)42-28-30-50-38(7,10-2)32(44)22-16-14-18-24-36(4,5)48/h48-49H,9-31H2,1-8H3,(H2,40,42,46)(H2,41,43,47)/t37?,38?,39-/m1/s1. The van der Waals surface area contributed by atoms with Gasteiger partial charge in [-0.15, -0.1) is 0 Å². The lowest BCUT2D eigenvalue weighted by molar-refractivity contribution is -0.143. The molecule has 0 aliphatic carbocycles. The Morgan fingerprint density at radius 2 is 0.863 bits per heavy atom. The molecule has 4 amide bonds. The molecule has 0 radical (unpaired) electrons. The monoisotopic (exact) mass is 729 g/mol. The molecule has 0 fully saturated rings. The largest absolute Gasteiger partial charge is 0.390 e. The molecule has 3 atom stereocenters. The van der Waals surface area contributed by atoms with Crippen LogP contribution in [0.4, 0.5) is 9.59 Å². The number of hydrogen-bond acceptors (Lipinski definition) is 8. The summed E-state index contributed by atoms with van der Waals surface area (Å²) >= 11 is 0. The van der Waals surface area contributed by atoms with Gasteiger partial charge in [-0.2, -0.15) is 0 Å². The molecule has 0 spiro atoms. The van der Waals surface area contributed by atoms with Crippen LogP contribution in [0.5, 0.6) is 0 Å². The number of carbonyl (C=O) groups is 4. The first-order chi connectivity index (χ1) is 23.9. The van der Waals surface area contributed by atoms with Crippen LogP contribution >= 0.6 is 0 Å². The molecule has 12 heteroatoms. The molecule has 0 aromatic carbocycles. The van der Waals surface area contributed by atoms with Crippen molar-refractivity contribution in [1.82, 2.24) is 21.3 Å². The second kappa shape index (κ2) is 26.5. The van der Waals surface area contributed by atoms with E-state index < -0.39 is 22.4 Å². The van der Waals surface area contributed by atoms with Crippen molar-refractivity contribution in [3.8, 4) is 0 Å². The SMILES string of the molecule is CCC(C)(O)CCCCCC(=O)[C@@](C)(CC)OCCNC(=O)NCCCCCCNC(=O)NCCOC(C)(CC)C(=O)CCCCCC(C)(C)O. The van der Waals surface area contributed by atoms with E-state index in [1.165, 1.54) is 0 Å². The number of carbonyl (C=O) groups excluding carboxylic acids is 4. The minimum absolute atomic E-state index is 0.0698. The summed E-state index contributed by atoms with van der Waals surface area (Å²) in [7, 11) is 0. The molecule has 0 aromatic rings. The maximum absolute atomic E-state index is 12.8. The van der Waals surface area contributed by atoms with Gasteiger partial charge in [0.05, 0.1) is 24.4 Å². The van der Waals surface area contributed by atoms with Crippen molar-refractivity contribution in [2.75, 3.05) is 39.4 Å². The van der Waals surface area contributed by atoms with Gasteiger partial charge in [-0.25, -0.2) is 9.59 Å². The Morgan fingerprint density at radius 3 is 1.24 bits per heavy atom. The summed E-state index contributed by atoms with van der Waals surface area (Å²) in [6.45, 7) is 17.1. The lowest BCUT2D eigenvalue weighted by atomic mass is 9.91. The number of ether oxygens (including phenoxy) is 2. The van der Waals surface area contributed by atoms with Gasteiger partial charge in [-0.05, 0) is 92.4 Å². The highest BCUT2D eigenvalue weighted by atomic mass is 16.5. The van der Waals surface area contributed by atoms with E-state index in [0.29, 0.717) is 58.3 Å². The van der Waals surface area contributed by atoms with Crippen LogP contribution in [0.15, 0.2) is 0 Å². The number of rotatable bonds is 32. The molecule has 2 unspecified atom stereocenters. The molecule has 0 heterocycles. The van der Waals surface area contributed by atoms with Crippen LogP contribution in [0.1, 0.15) is 165 Å². The zero-order valence-corrected chi connectivity index (χ0v) is 33.6. The predicted molar refractivity (Wildman–Crippen MR) is 204 cm³/mol. The van der Waals surface area contributed by atoms with Gasteiger partial charge in [0.1, 0.15) is 11.2 Å². The van der Waals surface area contributed by atoms with Crippen molar-refractivity contribution < 1.29 is 38.9 Å². The lowest BCUT2D eigenvalue weighted by Crippen LogP contribution is -2.42. The van der Waals surface area contributed by atoms with Crippen molar-refractivity contribution in [2.24, 2.45) is 0 Å². The van der Waals surface area contributed by atoms with Gasteiger partial charge in [0.25, 0.3) is 0 Å². The fraction of sp³-hybridized carbons (Fsp3) is 0.897. The molecular formula is C39H76N4O8. The average molecular weight is 729 g/mol. The van der Waals surface area contributed by atoms with Crippen LogP contribution in [0.25, 0.3) is 0 Å². The van der Waals surface area contributed by atoms with E-state index in [2.05, 4.69) is 21.3 Å². The van der Waals surface area contributed by atoms with Crippen molar-refractivity contribution in [2.45, 2.75) is 187 Å². The summed E-state index contributed by atoms with van der Waals surface area (Å²) in [6, 6.07) is -0.537. The molecule has 12 nitrogen and oxygen atoms in total. The molecule has 300 valence electrons. The lowest BCUT2D eigenvalue weighted by Gasteiger charge is -2.27. The summed E-state index contributed by atoms with van der Waals surface area (Å²) in [5.41, 5.74) is -3.04. The summed E-state index contributed by atoms with van der Waals surface area (Å²) < 4.78 is 11.8. The Bertz CT molecular complexity index is 987. The Morgan fingerprint density at radius 1 is 0.490 bits per heavy atom. The summed E-state index contributed by atoms with van der Waals surface area (Å²) in [5.74, 6) is 0.143. The van der Waals surface area contributed by atoms with E-state index in [1.54, 1.807) is 13.8 Å². The highest BCUT2D eigenvalue weighted by Crippen LogP contribution is 2.23. The Balaban J connectivity index is 3.93. The van der Waals surface area contributed by atoms with Gasteiger partial charge >= 0.3 is 12.1 Å². The quantitative estimate of drug-likeness (QED) is 0.0427. The first kappa shape index (κ1) is 48.7. The first-order valence-electron chi connectivity index (χ1n) is 19.8. The van der Waals surface area contributed by atoms with Crippen LogP contribution in [0.3, 0.4) is 0 Å². The molecule has 0 aromatic heterocycles. The molecule has 0 aliphatic heterocycles. The van der Waals surface area contributed by atoms with E-state index in [0.717, 1.165) is 77.0 Å². The third-order valence-corrected chi connectivity index (χ3v) is 9.89. The van der Waals surface area contributed by atoms with Gasteiger partial charge in [0.15, 0.2) is 11.6 Å². The minimum atomic E-state index is -0.866. The van der Waals surface area contributed by atoms with Crippen LogP contribution in [-0.2, 0) is 19.1 Å². The van der Waals surface area contributed by atoms with Gasteiger partial charge in [-0.1, -0.05) is 59.3 Å². The third kappa shape index (κ3) is 24.6. The summed E-state index contributed by atoms with van der Waals surface area (Å²) in [6.07, 6.45) is 12.8. The van der Waals surface area contributed by atoms with E-state index in [1.807, 2.05) is 41.5 Å². The predicted octanol–water partition coefficient (Wildman–Crippen LogP) is 6.49. The Kier molecular flexibility index (Phi) is 25.3. The molecule has 0 aliphatic rings. The van der Waals surface area contributed by atoms with E-state index in [-0.39, 0.29) is 36.8 Å². The van der Waals surface area contributed by atoms with Crippen LogP contribution < -0.4 is 21.3 Å². The third-order valence-electron chi connectivity index (χ3n) is 9.89. The van der Waals surface area contributed by atoms with Crippen molar-refractivity contribution in [3.05, 3.63) is 0 Å². The highest BCUT2D eigenvalue weighted by Gasteiger charge is 2.32. The fourth-order valence-electron chi connectivity index (χ4n) is 5.47. The molecule has 0 bridgehead atoms. The Hall–Kier alpha value is -2.28. The fourth-order valence-corrected chi connectivity index (χ4v) is 5.47. The second-order valence-corrected chi connectivity index (χ2v) is 15.3. The van der Waals surface area contributed by atoms with Gasteiger partial charge < -0.3 is 41.0 Å². The summed E-state index contributed by atoms with van der Waals surface area (Å²) in [4.78, 5) is 49.8. The van der Waals surface area contributed by atoms with Crippen molar-refractivity contribution >= 4 is 23.6 Å². The Labute approximate surface area is 309 Å². The van der Waals surface area contributed by atoms with Crippen molar-refractivity contribution in [1.29, 1.82) is 0 Å². The zero-order chi connectivity index (χ0) is 38.8. The molecule has 51 heavy (non-hydrogen) atoms. The van der Waals surface area contributed by atoms with Gasteiger partial charge in [-0.3, -0.25) is 9.59 Å².